The highest BCUT2D eigenvalue weighted by atomic mass is 19.1. The smallest absolute Gasteiger partial charge is 0.157 e. The normalized spacial score (nSPS) is 18.3. The van der Waals surface area contributed by atoms with E-state index in [4.69, 9.17) is 4.98 Å². The van der Waals surface area contributed by atoms with Gasteiger partial charge >= 0.3 is 0 Å². The number of rotatable bonds is 2. The number of piperidine rings is 1. The molecule has 4 rings (SSSR count). The van der Waals surface area contributed by atoms with Crippen LogP contribution in [0.25, 0.3) is 22.3 Å². The first-order valence-corrected chi connectivity index (χ1v) is 8.52. The second-order valence-electron chi connectivity index (χ2n) is 6.58. The molecule has 3 heterocycles. The van der Waals surface area contributed by atoms with Gasteiger partial charge in [-0.15, -0.1) is 0 Å². The highest BCUT2D eigenvalue weighted by Gasteiger charge is 2.23. The van der Waals surface area contributed by atoms with Crippen LogP contribution in [0, 0.1) is 12.7 Å². The van der Waals surface area contributed by atoms with Crippen molar-refractivity contribution in [2.45, 2.75) is 39.2 Å². The standard InChI is InChI=1S/C19H21FN4/c1-12-5-3-4-10-24(12)19-18-17(21-13(2)22-19)11-16(23-18)14-6-8-15(20)9-7-14/h6-9,11-12,23H,3-5,10H2,1-2H3. The van der Waals surface area contributed by atoms with Crippen LogP contribution in [-0.4, -0.2) is 27.5 Å². The largest absolute Gasteiger partial charge is 0.352 e. The molecule has 0 spiro atoms. The Hall–Kier alpha value is -2.43. The van der Waals surface area contributed by atoms with E-state index in [1.165, 1.54) is 31.4 Å². The van der Waals surface area contributed by atoms with Crippen molar-refractivity contribution >= 4 is 16.9 Å². The molecule has 124 valence electrons. The Morgan fingerprint density at radius 1 is 1.17 bits per heavy atom. The summed E-state index contributed by atoms with van der Waals surface area (Å²) in [6.07, 6.45) is 3.66. The number of nitrogens with zero attached hydrogens (tertiary/aromatic N) is 3. The van der Waals surface area contributed by atoms with Crippen LogP contribution in [0.5, 0.6) is 0 Å². The summed E-state index contributed by atoms with van der Waals surface area (Å²) in [5.41, 5.74) is 3.77. The number of aromatic amines is 1. The third kappa shape index (κ3) is 2.64. The maximum absolute atomic E-state index is 13.2. The third-order valence-corrected chi connectivity index (χ3v) is 4.80. The van der Waals surface area contributed by atoms with Crippen molar-refractivity contribution in [2.75, 3.05) is 11.4 Å². The van der Waals surface area contributed by atoms with Gasteiger partial charge < -0.3 is 9.88 Å². The van der Waals surface area contributed by atoms with Crippen molar-refractivity contribution in [2.24, 2.45) is 0 Å². The molecule has 1 atom stereocenters. The van der Waals surface area contributed by atoms with Gasteiger partial charge in [0, 0.05) is 18.3 Å². The number of hydrogen-bond donors (Lipinski definition) is 1. The van der Waals surface area contributed by atoms with Crippen LogP contribution in [0.3, 0.4) is 0 Å². The van der Waals surface area contributed by atoms with Gasteiger partial charge in [-0.05, 0) is 69.0 Å². The van der Waals surface area contributed by atoms with Crippen LogP contribution in [0.2, 0.25) is 0 Å². The molecule has 0 bridgehead atoms. The van der Waals surface area contributed by atoms with Crippen molar-refractivity contribution in [3.05, 3.63) is 42.0 Å². The van der Waals surface area contributed by atoms with E-state index >= 15 is 0 Å². The highest BCUT2D eigenvalue weighted by molar-refractivity contribution is 5.91. The first-order valence-electron chi connectivity index (χ1n) is 8.52. The Balaban J connectivity index is 1.83. The number of aromatic nitrogens is 3. The zero-order chi connectivity index (χ0) is 16.7. The topological polar surface area (TPSA) is 44.8 Å². The van der Waals surface area contributed by atoms with Gasteiger partial charge in [0.2, 0.25) is 0 Å². The number of halogens is 1. The zero-order valence-electron chi connectivity index (χ0n) is 14.0. The fourth-order valence-electron chi connectivity index (χ4n) is 3.52. The Labute approximate surface area is 140 Å². The van der Waals surface area contributed by atoms with E-state index in [0.717, 1.165) is 40.5 Å². The minimum absolute atomic E-state index is 0.228. The van der Waals surface area contributed by atoms with Crippen LogP contribution in [0.1, 0.15) is 32.0 Å². The summed E-state index contributed by atoms with van der Waals surface area (Å²) in [6.45, 7) is 5.21. The van der Waals surface area contributed by atoms with Gasteiger partial charge in [-0.1, -0.05) is 0 Å². The molecule has 1 aliphatic rings. The van der Waals surface area contributed by atoms with Gasteiger partial charge in [-0.3, -0.25) is 0 Å². The lowest BCUT2D eigenvalue weighted by molar-refractivity contribution is 0.482. The lowest BCUT2D eigenvalue weighted by atomic mass is 10.0. The number of aryl methyl sites for hydroxylation is 1. The molecule has 1 saturated heterocycles. The number of anilines is 1. The number of hydrogen-bond acceptors (Lipinski definition) is 3. The average Bonchev–Trinajstić information content (AvgIpc) is 2.99. The molecule has 1 unspecified atom stereocenters. The summed E-state index contributed by atoms with van der Waals surface area (Å²) in [4.78, 5) is 15.1. The zero-order valence-corrected chi connectivity index (χ0v) is 14.0. The van der Waals surface area contributed by atoms with Crippen LogP contribution in [0.4, 0.5) is 10.2 Å². The van der Waals surface area contributed by atoms with Crippen molar-refractivity contribution < 1.29 is 4.39 Å². The molecule has 0 amide bonds. The molecule has 1 N–H and O–H groups in total. The maximum Gasteiger partial charge on any atom is 0.157 e. The molecule has 24 heavy (non-hydrogen) atoms. The Kier molecular flexibility index (Phi) is 3.71. The third-order valence-electron chi connectivity index (χ3n) is 4.80. The number of nitrogens with one attached hydrogen (secondary N) is 1. The van der Waals surface area contributed by atoms with Gasteiger partial charge in [0.25, 0.3) is 0 Å². The number of fused-ring (bicyclic) bond motifs is 1. The number of H-pyrrole nitrogens is 1. The second-order valence-corrected chi connectivity index (χ2v) is 6.58. The number of benzene rings is 1. The van der Waals surface area contributed by atoms with E-state index in [0.29, 0.717) is 6.04 Å². The Bertz CT molecular complexity index is 869. The Morgan fingerprint density at radius 2 is 1.96 bits per heavy atom. The molecule has 3 aromatic rings. The molecule has 1 fully saturated rings. The molecule has 0 radical (unpaired) electrons. The molecule has 4 nitrogen and oxygen atoms in total. The molecule has 0 aliphatic carbocycles. The summed E-state index contributed by atoms with van der Waals surface area (Å²) < 4.78 is 13.2. The van der Waals surface area contributed by atoms with Gasteiger partial charge in [0.1, 0.15) is 17.2 Å². The van der Waals surface area contributed by atoms with Gasteiger partial charge in [0.05, 0.1) is 5.52 Å². The van der Waals surface area contributed by atoms with E-state index < -0.39 is 0 Å². The first-order chi connectivity index (χ1) is 11.6. The lowest BCUT2D eigenvalue weighted by Crippen LogP contribution is -2.38. The van der Waals surface area contributed by atoms with Gasteiger partial charge in [-0.2, -0.15) is 0 Å². The van der Waals surface area contributed by atoms with Crippen molar-refractivity contribution in [3.8, 4) is 11.3 Å². The first kappa shape index (κ1) is 15.1. The molecular weight excluding hydrogens is 303 g/mol. The lowest BCUT2D eigenvalue weighted by Gasteiger charge is -2.34. The van der Waals surface area contributed by atoms with Crippen LogP contribution in [-0.2, 0) is 0 Å². The highest BCUT2D eigenvalue weighted by Crippen LogP contribution is 2.32. The molecule has 1 aliphatic heterocycles. The maximum atomic E-state index is 13.2. The van der Waals surface area contributed by atoms with Crippen LogP contribution in [0.15, 0.2) is 30.3 Å². The van der Waals surface area contributed by atoms with Gasteiger partial charge in [0.15, 0.2) is 5.82 Å². The Morgan fingerprint density at radius 3 is 2.71 bits per heavy atom. The minimum Gasteiger partial charge on any atom is -0.352 e. The van der Waals surface area contributed by atoms with Crippen molar-refractivity contribution in [1.82, 2.24) is 15.0 Å². The summed E-state index contributed by atoms with van der Waals surface area (Å²) in [7, 11) is 0. The fourth-order valence-corrected chi connectivity index (χ4v) is 3.52. The average molecular weight is 324 g/mol. The quantitative estimate of drug-likeness (QED) is 0.757. The van der Waals surface area contributed by atoms with Crippen molar-refractivity contribution in [1.29, 1.82) is 0 Å². The van der Waals surface area contributed by atoms with Crippen LogP contribution < -0.4 is 4.90 Å². The molecule has 1 aromatic carbocycles. The molecule has 0 saturated carbocycles. The predicted octanol–water partition coefficient (Wildman–Crippen LogP) is 4.45. The van der Waals surface area contributed by atoms with E-state index in [1.54, 1.807) is 12.1 Å². The van der Waals surface area contributed by atoms with E-state index in [2.05, 4.69) is 21.8 Å². The fraction of sp³-hybridized carbons (Fsp3) is 0.368. The molecular formula is C19H21FN4. The SMILES string of the molecule is Cc1nc(N2CCCCC2C)c2[nH]c(-c3ccc(F)cc3)cc2n1. The van der Waals surface area contributed by atoms with Gasteiger partial charge in [-0.25, -0.2) is 14.4 Å². The monoisotopic (exact) mass is 324 g/mol. The predicted molar refractivity (Wildman–Crippen MR) is 94.7 cm³/mol. The summed E-state index contributed by atoms with van der Waals surface area (Å²) in [5, 5.41) is 0. The van der Waals surface area contributed by atoms with Crippen molar-refractivity contribution in [3.63, 3.8) is 0 Å². The van der Waals surface area contributed by atoms with E-state index in [-0.39, 0.29) is 5.82 Å². The van der Waals surface area contributed by atoms with E-state index in [1.807, 2.05) is 13.0 Å². The minimum atomic E-state index is -0.228. The summed E-state index contributed by atoms with van der Waals surface area (Å²) >= 11 is 0. The second kappa shape index (κ2) is 5.89. The summed E-state index contributed by atoms with van der Waals surface area (Å²) in [5.74, 6) is 1.53. The van der Waals surface area contributed by atoms with E-state index in [9.17, 15) is 4.39 Å². The summed E-state index contributed by atoms with van der Waals surface area (Å²) in [6, 6.07) is 9.02. The molecule has 2 aromatic heterocycles. The van der Waals surface area contributed by atoms with Crippen LogP contribution >= 0.6 is 0 Å². The molecule has 5 heteroatoms.